The fourth-order valence-corrected chi connectivity index (χ4v) is 3.99. The normalized spacial score (nSPS) is 12.6. The fourth-order valence-electron chi connectivity index (χ4n) is 2.60. The summed E-state index contributed by atoms with van der Waals surface area (Å²) in [6.45, 7) is 2.09. The van der Waals surface area contributed by atoms with Crippen LogP contribution in [0.1, 0.15) is 22.1 Å². The van der Waals surface area contributed by atoms with Gasteiger partial charge >= 0.3 is 0 Å². The molecule has 0 amide bonds. The summed E-state index contributed by atoms with van der Waals surface area (Å²) in [7, 11) is 0. The zero-order valence-corrected chi connectivity index (χ0v) is 15.3. The minimum Gasteiger partial charge on any atom is -0.113 e. The van der Waals surface area contributed by atoms with Crippen molar-refractivity contribution in [2.75, 3.05) is 0 Å². The van der Waals surface area contributed by atoms with Gasteiger partial charge in [-0.1, -0.05) is 68.3 Å². The van der Waals surface area contributed by atoms with Crippen LogP contribution in [0.3, 0.4) is 0 Å². The van der Waals surface area contributed by atoms with E-state index in [4.69, 9.17) is 11.6 Å². The van der Waals surface area contributed by atoms with E-state index >= 15 is 0 Å². The van der Waals surface area contributed by atoms with Crippen molar-refractivity contribution in [1.29, 1.82) is 0 Å². The molecule has 3 aromatic carbocycles. The van der Waals surface area contributed by atoms with Crippen molar-refractivity contribution in [3.05, 3.63) is 80.2 Å². The van der Waals surface area contributed by atoms with Crippen molar-refractivity contribution in [2.45, 2.75) is 12.3 Å². The van der Waals surface area contributed by atoms with Gasteiger partial charge in [0, 0.05) is 8.95 Å². The van der Waals surface area contributed by atoms with Crippen LogP contribution in [0.25, 0.3) is 10.8 Å². The molecule has 0 aromatic heterocycles. The summed E-state index contributed by atoms with van der Waals surface area (Å²) >= 11 is 13.9. The molecule has 3 aromatic rings. The largest absolute Gasteiger partial charge is 0.113 e. The number of hydrogen-bond donors (Lipinski definition) is 0. The van der Waals surface area contributed by atoms with Crippen LogP contribution in [0, 0.1) is 6.92 Å². The van der Waals surface area contributed by atoms with Crippen LogP contribution in [0.2, 0.25) is 0 Å². The van der Waals surface area contributed by atoms with Crippen molar-refractivity contribution in [2.24, 2.45) is 0 Å². The highest BCUT2D eigenvalue weighted by Gasteiger charge is 2.16. The Hall–Kier alpha value is -0.830. The number of benzene rings is 3. The zero-order chi connectivity index (χ0) is 15.0. The second-order valence-electron chi connectivity index (χ2n) is 5.05. The monoisotopic (exact) mass is 422 g/mol. The molecular weight excluding hydrogens is 411 g/mol. The first-order valence-electron chi connectivity index (χ1n) is 6.65. The quantitative estimate of drug-likeness (QED) is 0.389. The Morgan fingerprint density at radius 3 is 2.24 bits per heavy atom. The summed E-state index contributed by atoms with van der Waals surface area (Å²) in [6, 6.07) is 18.7. The Morgan fingerprint density at radius 1 is 0.857 bits per heavy atom. The Kier molecular flexibility index (Phi) is 4.39. The Balaban J connectivity index is 2.18. The smallest absolute Gasteiger partial charge is 0.0844 e. The van der Waals surface area contributed by atoms with Gasteiger partial charge in [-0.25, -0.2) is 0 Å². The number of alkyl halides is 1. The van der Waals surface area contributed by atoms with E-state index in [1.165, 1.54) is 16.3 Å². The predicted octanol–water partition coefficient (Wildman–Crippen LogP) is 7.00. The molecule has 3 rings (SSSR count). The van der Waals surface area contributed by atoms with Gasteiger partial charge in [0.25, 0.3) is 0 Å². The molecule has 0 N–H and O–H groups in total. The molecule has 0 nitrogen and oxygen atoms in total. The van der Waals surface area contributed by atoms with E-state index in [1.807, 2.05) is 12.1 Å². The second kappa shape index (κ2) is 6.12. The SMILES string of the molecule is Cc1cc(Br)ccc1C(Cl)c1ccc(Br)c2ccccc12. The van der Waals surface area contributed by atoms with E-state index in [9.17, 15) is 0 Å². The van der Waals surface area contributed by atoms with E-state index in [0.717, 1.165) is 20.1 Å². The molecule has 106 valence electrons. The van der Waals surface area contributed by atoms with Crippen molar-refractivity contribution in [1.82, 2.24) is 0 Å². The lowest BCUT2D eigenvalue weighted by Gasteiger charge is -2.16. The molecule has 0 spiro atoms. The highest BCUT2D eigenvalue weighted by atomic mass is 79.9. The lowest BCUT2D eigenvalue weighted by atomic mass is 9.96. The molecular formula is C18H13Br2Cl. The van der Waals surface area contributed by atoms with Gasteiger partial charge in [0.15, 0.2) is 0 Å². The van der Waals surface area contributed by atoms with Crippen molar-refractivity contribution in [3.63, 3.8) is 0 Å². The maximum Gasteiger partial charge on any atom is 0.0844 e. The standard InChI is InChI=1S/C18H13Br2Cl/c1-11-10-12(19)6-7-13(11)18(21)16-8-9-17(20)15-5-3-2-4-14(15)16/h2-10,18H,1H3. The predicted molar refractivity (Wildman–Crippen MR) is 98.2 cm³/mol. The summed E-state index contributed by atoms with van der Waals surface area (Å²) in [4.78, 5) is 0. The molecule has 1 atom stereocenters. The van der Waals surface area contributed by atoms with Crippen LogP contribution in [-0.4, -0.2) is 0 Å². The molecule has 0 saturated heterocycles. The lowest BCUT2D eigenvalue weighted by molar-refractivity contribution is 1.12. The number of rotatable bonds is 2. The summed E-state index contributed by atoms with van der Waals surface area (Å²) in [5.74, 6) is 0. The second-order valence-corrected chi connectivity index (χ2v) is 7.25. The third-order valence-electron chi connectivity index (χ3n) is 3.68. The highest BCUT2D eigenvalue weighted by Crippen LogP contribution is 2.38. The van der Waals surface area contributed by atoms with E-state index < -0.39 is 0 Å². The van der Waals surface area contributed by atoms with Crippen LogP contribution in [-0.2, 0) is 0 Å². The molecule has 0 saturated carbocycles. The molecule has 3 heteroatoms. The van der Waals surface area contributed by atoms with Crippen LogP contribution in [0.15, 0.2) is 63.5 Å². The average Bonchev–Trinajstić information content (AvgIpc) is 2.47. The van der Waals surface area contributed by atoms with Crippen LogP contribution < -0.4 is 0 Å². The molecule has 0 bridgehead atoms. The molecule has 0 aliphatic heterocycles. The van der Waals surface area contributed by atoms with Gasteiger partial charge in [-0.15, -0.1) is 11.6 Å². The summed E-state index contributed by atoms with van der Waals surface area (Å²) in [5.41, 5.74) is 3.48. The van der Waals surface area contributed by atoms with Gasteiger partial charge < -0.3 is 0 Å². The van der Waals surface area contributed by atoms with Crippen molar-refractivity contribution >= 4 is 54.2 Å². The summed E-state index contributed by atoms with van der Waals surface area (Å²) in [5, 5.41) is 2.22. The summed E-state index contributed by atoms with van der Waals surface area (Å²) < 4.78 is 2.17. The highest BCUT2D eigenvalue weighted by molar-refractivity contribution is 9.11. The van der Waals surface area contributed by atoms with Crippen molar-refractivity contribution < 1.29 is 0 Å². The van der Waals surface area contributed by atoms with Gasteiger partial charge in [0.2, 0.25) is 0 Å². The van der Waals surface area contributed by atoms with E-state index in [2.05, 4.69) is 81.2 Å². The topological polar surface area (TPSA) is 0 Å². The number of halogens is 3. The number of aryl methyl sites for hydroxylation is 1. The average molecular weight is 425 g/mol. The van der Waals surface area contributed by atoms with Gasteiger partial charge in [0.05, 0.1) is 5.38 Å². The zero-order valence-electron chi connectivity index (χ0n) is 11.4. The van der Waals surface area contributed by atoms with Gasteiger partial charge in [-0.3, -0.25) is 0 Å². The molecule has 1 unspecified atom stereocenters. The first kappa shape index (κ1) is 15.1. The minimum atomic E-state index is -0.156. The Bertz CT molecular complexity index is 811. The number of fused-ring (bicyclic) bond motifs is 1. The van der Waals surface area contributed by atoms with Gasteiger partial charge in [-0.2, -0.15) is 0 Å². The van der Waals surface area contributed by atoms with E-state index in [0.29, 0.717) is 0 Å². The first-order chi connectivity index (χ1) is 10.1. The minimum absolute atomic E-state index is 0.156. The van der Waals surface area contributed by atoms with Gasteiger partial charge in [-0.05, 0) is 52.6 Å². The van der Waals surface area contributed by atoms with Gasteiger partial charge in [0.1, 0.15) is 0 Å². The van der Waals surface area contributed by atoms with Crippen molar-refractivity contribution in [3.8, 4) is 0 Å². The first-order valence-corrected chi connectivity index (χ1v) is 8.67. The maximum absolute atomic E-state index is 6.79. The van der Waals surface area contributed by atoms with E-state index in [1.54, 1.807) is 0 Å². The van der Waals surface area contributed by atoms with Crippen LogP contribution in [0.4, 0.5) is 0 Å². The molecule has 0 aliphatic rings. The molecule has 0 aliphatic carbocycles. The molecule has 0 fully saturated rings. The van der Waals surface area contributed by atoms with Crippen LogP contribution in [0.5, 0.6) is 0 Å². The molecule has 0 heterocycles. The third kappa shape index (κ3) is 2.90. The lowest BCUT2D eigenvalue weighted by Crippen LogP contribution is -1.97. The summed E-state index contributed by atoms with van der Waals surface area (Å²) in [6.07, 6.45) is 0. The Morgan fingerprint density at radius 2 is 1.52 bits per heavy atom. The third-order valence-corrected chi connectivity index (χ3v) is 5.34. The van der Waals surface area contributed by atoms with Crippen LogP contribution >= 0.6 is 43.5 Å². The molecule has 21 heavy (non-hydrogen) atoms. The molecule has 0 radical (unpaired) electrons. The fraction of sp³-hybridized carbons (Fsp3) is 0.111. The number of hydrogen-bond acceptors (Lipinski definition) is 0. The van der Waals surface area contributed by atoms with E-state index in [-0.39, 0.29) is 5.38 Å². The Labute approximate surface area is 146 Å². The maximum atomic E-state index is 6.79.